The monoisotopic (exact) mass is 408 g/mol. The smallest absolute Gasteiger partial charge is 0.309 e. The standard InChI is InChI=1S/C24H32N4O2/c1-6-28-20-10-9-19(15(2)22(20)26-27-28)21(16(3)23(29)30-5)17-7-8-18-11-12-25-14-24(18,4)13-17/h7-10,16,21,25H,6,11-14H2,1-5H3/t16-,21+,24?/m1/s1. The Morgan fingerprint density at radius 3 is 2.90 bits per heavy atom. The van der Waals surface area contributed by atoms with Crippen LogP contribution in [0.3, 0.4) is 0 Å². The number of ether oxygens (including phenoxy) is 1. The number of carbonyl (C=O) groups excluding carboxylic acids is 1. The molecule has 6 nitrogen and oxygen atoms in total. The maximum Gasteiger partial charge on any atom is 0.309 e. The average Bonchev–Trinajstić information content (AvgIpc) is 3.18. The number of aromatic nitrogens is 3. The Bertz CT molecular complexity index is 1040. The minimum absolute atomic E-state index is 0.0508. The van der Waals surface area contributed by atoms with Gasteiger partial charge in [-0.1, -0.05) is 48.4 Å². The fourth-order valence-electron chi connectivity index (χ4n) is 5.26. The van der Waals surface area contributed by atoms with Crippen molar-refractivity contribution >= 4 is 17.0 Å². The lowest BCUT2D eigenvalue weighted by Crippen LogP contribution is -2.41. The maximum atomic E-state index is 12.6. The molecule has 1 aromatic carbocycles. The number of aryl methyl sites for hydroxylation is 2. The first-order valence-corrected chi connectivity index (χ1v) is 10.9. The van der Waals surface area contributed by atoms with Gasteiger partial charge in [-0.25, -0.2) is 4.68 Å². The van der Waals surface area contributed by atoms with Gasteiger partial charge in [0.15, 0.2) is 0 Å². The third kappa shape index (κ3) is 3.37. The van der Waals surface area contributed by atoms with Crippen LogP contribution in [0.1, 0.15) is 50.7 Å². The van der Waals surface area contributed by atoms with E-state index in [2.05, 4.69) is 60.7 Å². The normalized spacial score (nSPS) is 23.4. The molecule has 160 valence electrons. The third-order valence-corrected chi connectivity index (χ3v) is 7.04. The molecule has 1 aliphatic heterocycles. The quantitative estimate of drug-likeness (QED) is 0.760. The SMILES string of the molecule is CCn1nnc2c(C)c([C@H](C3=CC=C4CCNCC4(C)C3)[C@@H](C)C(=O)OC)ccc21. The molecule has 1 aliphatic carbocycles. The van der Waals surface area contributed by atoms with Gasteiger partial charge in [-0.15, -0.1) is 5.10 Å². The van der Waals surface area contributed by atoms with Gasteiger partial charge in [-0.2, -0.15) is 0 Å². The molecule has 0 bridgehead atoms. The summed E-state index contributed by atoms with van der Waals surface area (Å²) in [5, 5.41) is 12.3. The number of allylic oxidation sites excluding steroid dienone is 3. The van der Waals surface area contributed by atoms with Crippen LogP contribution in [0.2, 0.25) is 0 Å². The zero-order valence-corrected chi connectivity index (χ0v) is 18.7. The fourth-order valence-corrected chi connectivity index (χ4v) is 5.26. The number of fused-ring (bicyclic) bond motifs is 2. The number of hydrogen-bond donors (Lipinski definition) is 1. The van der Waals surface area contributed by atoms with Gasteiger partial charge in [-0.3, -0.25) is 4.79 Å². The molecule has 6 heteroatoms. The molecule has 2 heterocycles. The summed E-state index contributed by atoms with van der Waals surface area (Å²) >= 11 is 0. The molecule has 0 spiro atoms. The Kier molecular flexibility index (Phi) is 5.53. The van der Waals surface area contributed by atoms with Crippen LogP contribution in [0.4, 0.5) is 0 Å². The number of esters is 1. The van der Waals surface area contributed by atoms with E-state index in [4.69, 9.17) is 4.74 Å². The predicted octanol–water partition coefficient (Wildman–Crippen LogP) is 3.91. The van der Waals surface area contributed by atoms with Crippen molar-refractivity contribution < 1.29 is 9.53 Å². The van der Waals surface area contributed by atoms with Crippen molar-refractivity contribution in [2.24, 2.45) is 11.3 Å². The van der Waals surface area contributed by atoms with Crippen molar-refractivity contribution in [1.82, 2.24) is 20.3 Å². The summed E-state index contributed by atoms with van der Waals surface area (Å²) in [4.78, 5) is 12.6. The second-order valence-corrected chi connectivity index (χ2v) is 8.94. The zero-order valence-electron chi connectivity index (χ0n) is 18.7. The summed E-state index contributed by atoms with van der Waals surface area (Å²) in [6.45, 7) is 11.3. The Hall–Kier alpha value is -2.47. The van der Waals surface area contributed by atoms with E-state index in [1.54, 1.807) is 0 Å². The topological polar surface area (TPSA) is 69.0 Å². The Morgan fingerprint density at radius 2 is 2.17 bits per heavy atom. The first-order chi connectivity index (χ1) is 14.4. The van der Waals surface area contributed by atoms with Crippen LogP contribution in [-0.4, -0.2) is 41.2 Å². The van der Waals surface area contributed by atoms with E-state index < -0.39 is 0 Å². The van der Waals surface area contributed by atoms with Gasteiger partial charge >= 0.3 is 5.97 Å². The van der Waals surface area contributed by atoms with Crippen LogP contribution in [0, 0.1) is 18.3 Å². The van der Waals surface area contributed by atoms with Crippen LogP contribution in [0.5, 0.6) is 0 Å². The van der Waals surface area contributed by atoms with Crippen LogP contribution < -0.4 is 5.32 Å². The molecular weight excluding hydrogens is 376 g/mol. The molecule has 0 saturated carbocycles. The molecule has 3 atom stereocenters. The first kappa shape index (κ1) is 20.8. The molecule has 1 saturated heterocycles. The summed E-state index contributed by atoms with van der Waals surface area (Å²) in [7, 11) is 1.47. The number of methoxy groups -OCH3 is 1. The number of rotatable bonds is 5. The number of carbonyl (C=O) groups is 1. The van der Waals surface area contributed by atoms with Gasteiger partial charge in [-0.05, 0) is 50.4 Å². The lowest BCUT2D eigenvalue weighted by atomic mass is 9.66. The fraction of sp³-hybridized carbons (Fsp3) is 0.542. The van der Waals surface area contributed by atoms with Crippen molar-refractivity contribution in [1.29, 1.82) is 0 Å². The molecule has 1 unspecified atom stereocenters. The highest BCUT2D eigenvalue weighted by atomic mass is 16.5. The van der Waals surface area contributed by atoms with Gasteiger partial charge in [0.05, 0.1) is 18.5 Å². The van der Waals surface area contributed by atoms with Crippen molar-refractivity contribution in [3.05, 3.63) is 46.6 Å². The van der Waals surface area contributed by atoms with E-state index in [1.165, 1.54) is 18.3 Å². The van der Waals surface area contributed by atoms with Crippen LogP contribution in [0.25, 0.3) is 11.0 Å². The molecule has 2 aromatic rings. The number of benzene rings is 1. The summed E-state index contributed by atoms with van der Waals surface area (Å²) in [6.07, 6.45) is 6.57. The van der Waals surface area contributed by atoms with Crippen LogP contribution in [-0.2, 0) is 16.1 Å². The molecule has 1 fully saturated rings. The highest BCUT2D eigenvalue weighted by Crippen LogP contribution is 2.47. The Balaban J connectivity index is 1.83. The summed E-state index contributed by atoms with van der Waals surface area (Å²) in [6, 6.07) is 4.24. The number of nitrogens with zero attached hydrogens (tertiary/aromatic N) is 3. The molecule has 0 radical (unpaired) electrons. The molecule has 2 aliphatic rings. The molecule has 4 rings (SSSR count). The summed E-state index contributed by atoms with van der Waals surface area (Å²) in [5.74, 6) is -0.516. The largest absolute Gasteiger partial charge is 0.469 e. The minimum atomic E-state index is -0.284. The van der Waals surface area contributed by atoms with E-state index in [-0.39, 0.29) is 23.2 Å². The summed E-state index contributed by atoms with van der Waals surface area (Å²) in [5.41, 5.74) is 7.07. The van der Waals surface area contributed by atoms with Crippen LogP contribution in [0.15, 0.2) is 35.4 Å². The number of hydrogen-bond acceptors (Lipinski definition) is 5. The molecule has 30 heavy (non-hydrogen) atoms. The summed E-state index contributed by atoms with van der Waals surface area (Å²) < 4.78 is 7.07. The predicted molar refractivity (Wildman–Crippen MR) is 118 cm³/mol. The molecule has 0 amide bonds. The lowest BCUT2D eigenvalue weighted by molar-refractivity contribution is -0.145. The first-order valence-electron chi connectivity index (χ1n) is 10.9. The molecule has 1 N–H and O–H groups in total. The van der Waals surface area contributed by atoms with E-state index in [0.717, 1.165) is 54.6 Å². The van der Waals surface area contributed by atoms with Gasteiger partial charge in [0.1, 0.15) is 5.52 Å². The molecular formula is C24H32N4O2. The van der Waals surface area contributed by atoms with Crippen molar-refractivity contribution in [3.63, 3.8) is 0 Å². The second kappa shape index (κ2) is 7.99. The Morgan fingerprint density at radius 1 is 1.37 bits per heavy atom. The average molecular weight is 409 g/mol. The number of piperidine rings is 1. The maximum absolute atomic E-state index is 12.6. The van der Waals surface area contributed by atoms with E-state index in [9.17, 15) is 4.79 Å². The highest BCUT2D eigenvalue weighted by molar-refractivity contribution is 5.81. The lowest BCUT2D eigenvalue weighted by Gasteiger charge is -2.42. The highest BCUT2D eigenvalue weighted by Gasteiger charge is 2.39. The van der Waals surface area contributed by atoms with Crippen molar-refractivity contribution in [2.45, 2.75) is 53.0 Å². The minimum Gasteiger partial charge on any atom is -0.469 e. The van der Waals surface area contributed by atoms with Gasteiger partial charge in [0.25, 0.3) is 0 Å². The zero-order chi connectivity index (χ0) is 21.5. The Labute approximate surface area is 178 Å². The van der Waals surface area contributed by atoms with Crippen molar-refractivity contribution in [3.8, 4) is 0 Å². The van der Waals surface area contributed by atoms with Crippen LogP contribution >= 0.6 is 0 Å². The van der Waals surface area contributed by atoms with E-state index in [1.807, 2.05) is 11.6 Å². The number of nitrogens with one attached hydrogen (secondary N) is 1. The van der Waals surface area contributed by atoms with E-state index >= 15 is 0 Å². The second-order valence-electron chi connectivity index (χ2n) is 8.94. The van der Waals surface area contributed by atoms with Gasteiger partial charge in [0, 0.05) is 24.4 Å². The van der Waals surface area contributed by atoms with Gasteiger partial charge in [0.2, 0.25) is 0 Å². The van der Waals surface area contributed by atoms with Crippen molar-refractivity contribution in [2.75, 3.05) is 20.2 Å². The molecule has 1 aromatic heterocycles. The van der Waals surface area contributed by atoms with E-state index in [0.29, 0.717) is 0 Å². The van der Waals surface area contributed by atoms with Gasteiger partial charge < -0.3 is 10.1 Å². The third-order valence-electron chi connectivity index (χ3n) is 7.04.